The SMILES string of the molecule is CC[C@H](C)N(Cc1cccnc1)C(=O)CCN(C)S(C)(=O)=O. The molecule has 1 rings (SSSR count). The first-order chi connectivity index (χ1) is 10.3. The van der Waals surface area contributed by atoms with E-state index in [4.69, 9.17) is 0 Å². The maximum absolute atomic E-state index is 12.5. The van der Waals surface area contributed by atoms with Crippen molar-refractivity contribution in [1.29, 1.82) is 0 Å². The van der Waals surface area contributed by atoms with Crippen LogP contribution in [0, 0.1) is 0 Å². The average Bonchev–Trinajstić information content (AvgIpc) is 2.49. The van der Waals surface area contributed by atoms with Crippen molar-refractivity contribution in [3.05, 3.63) is 30.1 Å². The lowest BCUT2D eigenvalue weighted by atomic mass is 10.1. The zero-order chi connectivity index (χ0) is 16.8. The average molecular weight is 327 g/mol. The molecular formula is C15H25N3O3S. The highest BCUT2D eigenvalue weighted by atomic mass is 32.2. The van der Waals surface area contributed by atoms with Crippen LogP contribution in [0.25, 0.3) is 0 Å². The number of carbonyl (C=O) groups is 1. The normalized spacial score (nSPS) is 13.1. The molecule has 0 radical (unpaired) electrons. The molecule has 22 heavy (non-hydrogen) atoms. The number of sulfonamides is 1. The minimum atomic E-state index is -3.26. The lowest BCUT2D eigenvalue weighted by Crippen LogP contribution is -2.39. The van der Waals surface area contributed by atoms with Gasteiger partial charge >= 0.3 is 0 Å². The van der Waals surface area contributed by atoms with Crippen LogP contribution in [0.2, 0.25) is 0 Å². The minimum absolute atomic E-state index is 0.0475. The molecule has 0 aromatic carbocycles. The highest BCUT2D eigenvalue weighted by Gasteiger charge is 2.21. The number of pyridine rings is 1. The van der Waals surface area contributed by atoms with Gasteiger partial charge in [0, 0.05) is 45.0 Å². The molecule has 124 valence electrons. The van der Waals surface area contributed by atoms with Gasteiger partial charge in [-0.05, 0) is 25.0 Å². The first-order valence-corrected chi connectivity index (χ1v) is 9.20. The lowest BCUT2D eigenvalue weighted by molar-refractivity contribution is -0.134. The molecule has 0 spiro atoms. The fraction of sp³-hybridized carbons (Fsp3) is 0.600. The van der Waals surface area contributed by atoms with Crippen LogP contribution in [0.4, 0.5) is 0 Å². The fourth-order valence-electron chi connectivity index (χ4n) is 1.96. The summed E-state index contributed by atoms with van der Waals surface area (Å²) in [6, 6.07) is 3.86. The molecule has 0 aliphatic carbocycles. The molecule has 0 fully saturated rings. The van der Waals surface area contributed by atoms with Crippen LogP contribution in [0.1, 0.15) is 32.3 Å². The van der Waals surface area contributed by atoms with E-state index in [1.165, 1.54) is 11.4 Å². The third-order valence-electron chi connectivity index (χ3n) is 3.73. The van der Waals surface area contributed by atoms with E-state index in [1.807, 2.05) is 26.0 Å². The smallest absolute Gasteiger partial charge is 0.224 e. The van der Waals surface area contributed by atoms with Crippen molar-refractivity contribution in [2.75, 3.05) is 19.8 Å². The van der Waals surface area contributed by atoms with Crippen molar-refractivity contribution < 1.29 is 13.2 Å². The molecule has 0 saturated heterocycles. The second kappa shape index (κ2) is 8.24. The van der Waals surface area contributed by atoms with E-state index in [-0.39, 0.29) is 24.9 Å². The molecule has 6 nitrogen and oxygen atoms in total. The summed E-state index contributed by atoms with van der Waals surface area (Å²) in [6.07, 6.45) is 5.59. The maximum atomic E-state index is 12.5. The maximum Gasteiger partial charge on any atom is 0.224 e. The predicted octanol–water partition coefficient (Wildman–Crippen LogP) is 1.49. The first kappa shape index (κ1) is 18.6. The quantitative estimate of drug-likeness (QED) is 0.725. The Labute approximate surface area is 133 Å². The summed E-state index contributed by atoms with van der Waals surface area (Å²) >= 11 is 0. The Bertz CT molecular complexity index is 575. The number of hydrogen-bond donors (Lipinski definition) is 0. The molecule has 0 N–H and O–H groups in total. The zero-order valence-corrected chi connectivity index (χ0v) is 14.5. The number of nitrogens with zero attached hydrogens (tertiary/aromatic N) is 3. The lowest BCUT2D eigenvalue weighted by Gasteiger charge is -2.29. The van der Waals surface area contributed by atoms with Crippen molar-refractivity contribution in [1.82, 2.24) is 14.2 Å². The topological polar surface area (TPSA) is 70.6 Å². The number of carbonyl (C=O) groups excluding carboxylic acids is 1. The van der Waals surface area contributed by atoms with Crippen LogP contribution in [0.5, 0.6) is 0 Å². The second-order valence-electron chi connectivity index (χ2n) is 5.47. The number of aromatic nitrogens is 1. The van der Waals surface area contributed by atoms with E-state index in [1.54, 1.807) is 17.3 Å². The Balaban J connectivity index is 2.73. The van der Waals surface area contributed by atoms with E-state index >= 15 is 0 Å². The van der Waals surface area contributed by atoms with Crippen molar-refractivity contribution in [2.45, 2.75) is 39.3 Å². The van der Waals surface area contributed by atoms with Crippen LogP contribution in [-0.4, -0.2) is 54.4 Å². The van der Waals surface area contributed by atoms with Crippen molar-refractivity contribution in [3.8, 4) is 0 Å². The predicted molar refractivity (Wildman–Crippen MR) is 86.6 cm³/mol. The standard InChI is InChI=1S/C15H25N3O3S/c1-5-13(2)18(12-14-7-6-9-16-11-14)15(19)8-10-17(3)22(4,20)21/h6-7,9,11,13H,5,8,10,12H2,1-4H3/t13-/m0/s1. The van der Waals surface area contributed by atoms with E-state index in [9.17, 15) is 13.2 Å². The molecule has 1 amide bonds. The minimum Gasteiger partial charge on any atom is -0.336 e. The molecule has 0 aliphatic rings. The van der Waals surface area contributed by atoms with E-state index < -0.39 is 10.0 Å². The van der Waals surface area contributed by atoms with Gasteiger partial charge in [-0.15, -0.1) is 0 Å². The molecule has 0 aliphatic heterocycles. The summed E-state index contributed by atoms with van der Waals surface area (Å²) in [5.74, 6) is -0.0475. The van der Waals surface area contributed by atoms with E-state index in [2.05, 4.69) is 4.98 Å². The summed E-state index contributed by atoms with van der Waals surface area (Å²) in [4.78, 5) is 18.3. The summed E-state index contributed by atoms with van der Waals surface area (Å²) in [5.41, 5.74) is 0.965. The summed E-state index contributed by atoms with van der Waals surface area (Å²) in [6.45, 7) is 4.70. The third kappa shape index (κ3) is 5.73. The van der Waals surface area contributed by atoms with E-state index in [0.717, 1.165) is 18.2 Å². The van der Waals surface area contributed by atoms with Crippen molar-refractivity contribution in [2.24, 2.45) is 0 Å². The Hall–Kier alpha value is -1.47. The number of hydrogen-bond acceptors (Lipinski definition) is 4. The third-order valence-corrected chi connectivity index (χ3v) is 5.04. The van der Waals surface area contributed by atoms with Gasteiger partial charge in [0.1, 0.15) is 0 Å². The molecule has 1 heterocycles. The summed E-state index contributed by atoms with van der Waals surface area (Å²) in [7, 11) is -1.77. The first-order valence-electron chi connectivity index (χ1n) is 7.35. The van der Waals surface area contributed by atoms with Crippen LogP contribution in [0.15, 0.2) is 24.5 Å². The van der Waals surface area contributed by atoms with E-state index in [0.29, 0.717) is 6.54 Å². The molecule has 0 bridgehead atoms. The number of rotatable bonds is 8. The second-order valence-corrected chi connectivity index (χ2v) is 7.56. The molecule has 1 aromatic rings. The molecule has 0 unspecified atom stereocenters. The van der Waals surface area contributed by atoms with Gasteiger partial charge in [-0.2, -0.15) is 0 Å². The van der Waals surface area contributed by atoms with Gasteiger partial charge in [-0.3, -0.25) is 9.78 Å². The summed E-state index contributed by atoms with van der Waals surface area (Å²) in [5, 5.41) is 0. The molecule has 7 heteroatoms. The monoisotopic (exact) mass is 327 g/mol. The van der Waals surface area contributed by atoms with Gasteiger partial charge in [-0.25, -0.2) is 12.7 Å². The van der Waals surface area contributed by atoms with Gasteiger partial charge in [0.05, 0.1) is 6.26 Å². The van der Waals surface area contributed by atoms with Gasteiger partial charge in [0.15, 0.2) is 0 Å². The molecule has 0 saturated carbocycles. The van der Waals surface area contributed by atoms with Gasteiger partial charge in [-0.1, -0.05) is 13.0 Å². The fourth-order valence-corrected chi connectivity index (χ4v) is 2.38. The Morgan fingerprint density at radius 3 is 2.59 bits per heavy atom. The Morgan fingerprint density at radius 1 is 1.41 bits per heavy atom. The Morgan fingerprint density at radius 2 is 2.09 bits per heavy atom. The van der Waals surface area contributed by atoms with Crippen LogP contribution >= 0.6 is 0 Å². The van der Waals surface area contributed by atoms with Gasteiger partial charge in [0.2, 0.25) is 15.9 Å². The summed E-state index contributed by atoms with van der Waals surface area (Å²) < 4.78 is 24.0. The van der Waals surface area contributed by atoms with Gasteiger partial charge in [0.25, 0.3) is 0 Å². The largest absolute Gasteiger partial charge is 0.336 e. The number of amides is 1. The van der Waals surface area contributed by atoms with Crippen LogP contribution in [0.3, 0.4) is 0 Å². The van der Waals surface area contributed by atoms with Crippen molar-refractivity contribution >= 4 is 15.9 Å². The Kier molecular flexibility index (Phi) is 6.96. The molecular weight excluding hydrogens is 302 g/mol. The molecule has 1 atom stereocenters. The van der Waals surface area contributed by atoms with Crippen LogP contribution in [-0.2, 0) is 21.4 Å². The zero-order valence-electron chi connectivity index (χ0n) is 13.7. The highest BCUT2D eigenvalue weighted by molar-refractivity contribution is 7.88. The van der Waals surface area contributed by atoms with Crippen molar-refractivity contribution in [3.63, 3.8) is 0 Å². The molecule has 1 aromatic heterocycles. The van der Waals surface area contributed by atoms with Crippen LogP contribution < -0.4 is 0 Å². The highest BCUT2D eigenvalue weighted by Crippen LogP contribution is 2.12. The van der Waals surface area contributed by atoms with Gasteiger partial charge < -0.3 is 4.90 Å².